The number of aromatic hydroxyl groups is 1. The predicted octanol–water partition coefficient (Wildman–Crippen LogP) is 2.22. The summed E-state index contributed by atoms with van der Waals surface area (Å²) < 4.78 is 5.54. The highest BCUT2D eigenvalue weighted by atomic mass is 32.2. The maximum absolute atomic E-state index is 10.7. The van der Waals surface area contributed by atoms with Gasteiger partial charge in [-0.2, -0.15) is 11.8 Å². The lowest BCUT2D eigenvalue weighted by Crippen LogP contribution is -2.34. The molecule has 0 bridgehead atoms. The molecule has 2 rings (SSSR count). The van der Waals surface area contributed by atoms with E-state index in [-0.39, 0.29) is 12.4 Å². The first-order chi connectivity index (χ1) is 13.2. The van der Waals surface area contributed by atoms with Crippen LogP contribution in [0.15, 0.2) is 12.1 Å². The Hall–Kier alpha value is -1.44. The summed E-state index contributed by atoms with van der Waals surface area (Å²) in [6.45, 7) is 3.96. The van der Waals surface area contributed by atoms with E-state index in [1.807, 2.05) is 6.07 Å². The van der Waals surface area contributed by atoms with Crippen LogP contribution < -0.4 is 15.4 Å². The Morgan fingerprint density at radius 3 is 2.81 bits per heavy atom. The fourth-order valence-corrected chi connectivity index (χ4v) is 4.62. The van der Waals surface area contributed by atoms with Crippen molar-refractivity contribution in [2.75, 3.05) is 63.7 Å². The average Bonchev–Trinajstić information content (AvgIpc) is 2.68. The minimum atomic E-state index is -0.0248. The van der Waals surface area contributed by atoms with Crippen LogP contribution in [-0.4, -0.2) is 74.7 Å². The summed E-state index contributed by atoms with van der Waals surface area (Å²) >= 11 is 2.08. The number of ether oxygens (including phenoxy) is 1. The molecule has 0 aliphatic carbocycles. The molecular weight excluding hydrogens is 362 g/mol. The third-order valence-corrected chi connectivity index (χ3v) is 5.96. The first-order valence-corrected chi connectivity index (χ1v) is 10.9. The largest absolute Gasteiger partial charge is 0.506 e. The van der Waals surface area contributed by atoms with Crippen molar-refractivity contribution in [1.82, 2.24) is 10.2 Å². The van der Waals surface area contributed by atoms with Crippen molar-refractivity contribution in [3.8, 4) is 11.5 Å². The molecule has 152 valence electrons. The fourth-order valence-electron chi connectivity index (χ4n) is 3.42. The second-order valence-electron chi connectivity index (χ2n) is 6.99. The summed E-state index contributed by atoms with van der Waals surface area (Å²) in [6.07, 6.45) is 4.18. The highest BCUT2D eigenvalue weighted by Gasteiger charge is 2.16. The third-order valence-electron chi connectivity index (χ3n) is 4.92. The number of rotatable bonds is 12. The second-order valence-corrected chi connectivity index (χ2v) is 8.22. The zero-order valence-electron chi connectivity index (χ0n) is 16.5. The summed E-state index contributed by atoms with van der Waals surface area (Å²) in [5.74, 6) is 4.15. The van der Waals surface area contributed by atoms with Crippen molar-refractivity contribution in [2.24, 2.45) is 5.92 Å². The Labute approximate surface area is 167 Å². The molecule has 1 aliphatic heterocycles. The number of aldehydes is 1. The van der Waals surface area contributed by atoms with Gasteiger partial charge < -0.3 is 25.4 Å². The van der Waals surface area contributed by atoms with Crippen molar-refractivity contribution in [1.29, 1.82) is 0 Å². The molecule has 27 heavy (non-hydrogen) atoms. The quantitative estimate of drug-likeness (QED) is 0.285. The van der Waals surface area contributed by atoms with Crippen LogP contribution in [0.4, 0.5) is 5.69 Å². The number of phenolic OH excluding ortho intramolecular Hbond substituents is 1. The fraction of sp³-hybridized carbons (Fsp3) is 0.650. The molecule has 0 saturated carbocycles. The molecule has 0 amide bonds. The zero-order valence-corrected chi connectivity index (χ0v) is 17.3. The smallest absolute Gasteiger partial charge is 0.157 e. The molecule has 3 N–H and O–H groups in total. The van der Waals surface area contributed by atoms with E-state index in [4.69, 9.17) is 4.74 Å². The van der Waals surface area contributed by atoms with Crippen LogP contribution in [0.2, 0.25) is 0 Å². The summed E-state index contributed by atoms with van der Waals surface area (Å²) in [5, 5.41) is 16.4. The molecule has 1 aromatic carbocycles. The summed E-state index contributed by atoms with van der Waals surface area (Å²) in [6, 6.07) is 3.51. The van der Waals surface area contributed by atoms with Crippen LogP contribution in [-0.2, 0) is 11.2 Å². The number of nitrogens with one attached hydrogen (secondary N) is 2. The highest BCUT2D eigenvalue weighted by Crippen LogP contribution is 2.36. The SMILES string of the molecule is CNc1c(O)ccc(CCNCCN(C)CC2CCSCC2)c1OCC=O. The second kappa shape index (κ2) is 12.1. The summed E-state index contributed by atoms with van der Waals surface area (Å²) in [7, 11) is 3.93. The predicted molar refractivity (Wildman–Crippen MR) is 113 cm³/mol. The third kappa shape index (κ3) is 7.24. The molecule has 0 unspecified atom stereocenters. The first-order valence-electron chi connectivity index (χ1n) is 9.71. The summed E-state index contributed by atoms with van der Waals surface area (Å²) in [5.41, 5.74) is 1.50. The number of hydrogen-bond donors (Lipinski definition) is 3. The van der Waals surface area contributed by atoms with E-state index >= 15 is 0 Å². The number of nitrogens with zero attached hydrogens (tertiary/aromatic N) is 1. The van der Waals surface area contributed by atoms with Gasteiger partial charge in [0.15, 0.2) is 6.29 Å². The first kappa shape index (κ1) is 21.9. The van der Waals surface area contributed by atoms with E-state index in [1.54, 1.807) is 13.1 Å². The monoisotopic (exact) mass is 395 g/mol. The molecule has 1 heterocycles. The molecule has 1 saturated heterocycles. The molecule has 0 aromatic heterocycles. The molecule has 7 heteroatoms. The maximum atomic E-state index is 10.7. The molecule has 1 aromatic rings. The van der Waals surface area contributed by atoms with Gasteiger partial charge in [-0.05, 0) is 61.9 Å². The van der Waals surface area contributed by atoms with Crippen LogP contribution in [0.5, 0.6) is 11.5 Å². The van der Waals surface area contributed by atoms with E-state index in [9.17, 15) is 9.90 Å². The number of likely N-dealkylation sites (N-methyl/N-ethyl adjacent to an activating group) is 1. The van der Waals surface area contributed by atoms with Gasteiger partial charge in [-0.15, -0.1) is 0 Å². The molecule has 0 atom stereocenters. The molecule has 1 fully saturated rings. The van der Waals surface area contributed by atoms with Gasteiger partial charge in [0.05, 0.1) is 0 Å². The van der Waals surface area contributed by atoms with Crippen LogP contribution in [0.25, 0.3) is 0 Å². The van der Waals surface area contributed by atoms with Crippen LogP contribution in [0, 0.1) is 5.92 Å². The van der Waals surface area contributed by atoms with Crippen molar-refractivity contribution >= 4 is 23.7 Å². The number of anilines is 1. The Morgan fingerprint density at radius 1 is 1.33 bits per heavy atom. The van der Waals surface area contributed by atoms with Crippen LogP contribution >= 0.6 is 11.8 Å². The Bertz CT molecular complexity index is 580. The Balaban J connectivity index is 1.75. The number of phenols is 1. The van der Waals surface area contributed by atoms with E-state index < -0.39 is 0 Å². The summed E-state index contributed by atoms with van der Waals surface area (Å²) in [4.78, 5) is 13.1. The minimum Gasteiger partial charge on any atom is -0.506 e. The van der Waals surface area contributed by atoms with E-state index in [2.05, 4.69) is 34.3 Å². The number of carbonyl (C=O) groups excluding carboxylic acids is 1. The number of benzene rings is 1. The minimum absolute atomic E-state index is 0.0248. The van der Waals surface area contributed by atoms with Gasteiger partial charge in [0.25, 0.3) is 0 Å². The molecular formula is C20H33N3O3S. The molecule has 1 aliphatic rings. The zero-order chi connectivity index (χ0) is 19.5. The Morgan fingerprint density at radius 2 is 2.11 bits per heavy atom. The Kier molecular flexibility index (Phi) is 9.80. The lowest BCUT2D eigenvalue weighted by Gasteiger charge is -2.26. The van der Waals surface area contributed by atoms with Gasteiger partial charge >= 0.3 is 0 Å². The molecule has 6 nitrogen and oxygen atoms in total. The lowest BCUT2D eigenvalue weighted by atomic mass is 10.0. The van der Waals surface area contributed by atoms with Gasteiger partial charge in [-0.25, -0.2) is 0 Å². The lowest BCUT2D eigenvalue weighted by molar-refractivity contribution is -0.109. The van der Waals surface area contributed by atoms with Crippen LogP contribution in [0.3, 0.4) is 0 Å². The molecule has 0 radical (unpaired) electrons. The van der Waals surface area contributed by atoms with E-state index in [0.29, 0.717) is 17.7 Å². The topological polar surface area (TPSA) is 73.8 Å². The van der Waals surface area contributed by atoms with E-state index in [1.165, 1.54) is 30.9 Å². The van der Waals surface area contributed by atoms with Crippen LogP contribution in [0.1, 0.15) is 18.4 Å². The number of thioether (sulfide) groups is 1. The van der Waals surface area contributed by atoms with Gasteiger partial charge in [0, 0.05) is 26.7 Å². The van der Waals surface area contributed by atoms with Gasteiger partial charge in [0.1, 0.15) is 23.8 Å². The van der Waals surface area contributed by atoms with Gasteiger partial charge in [-0.1, -0.05) is 6.07 Å². The standard InChI is InChI=1S/C20H33N3O3S/c1-21-19-18(25)4-3-17(20(19)26-12-11-24)5-8-22-9-10-23(2)15-16-6-13-27-14-7-16/h3-4,11,16,21-22,25H,5-10,12-15H2,1-2H3. The number of carbonyl (C=O) groups is 1. The van der Waals surface area contributed by atoms with Gasteiger partial charge in [-0.3, -0.25) is 4.79 Å². The normalized spacial score (nSPS) is 15.1. The average molecular weight is 396 g/mol. The molecule has 0 spiro atoms. The van der Waals surface area contributed by atoms with Crippen molar-refractivity contribution in [2.45, 2.75) is 19.3 Å². The van der Waals surface area contributed by atoms with Gasteiger partial charge in [0.2, 0.25) is 0 Å². The van der Waals surface area contributed by atoms with Crippen molar-refractivity contribution in [3.05, 3.63) is 17.7 Å². The van der Waals surface area contributed by atoms with Crippen molar-refractivity contribution in [3.63, 3.8) is 0 Å². The highest BCUT2D eigenvalue weighted by molar-refractivity contribution is 7.99. The maximum Gasteiger partial charge on any atom is 0.157 e. The van der Waals surface area contributed by atoms with E-state index in [0.717, 1.165) is 37.5 Å². The van der Waals surface area contributed by atoms with Crippen molar-refractivity contribution < 1.29 is 14.6 Å². The number of hydrogen-bond acceptors (Lipinski definition) is 7.